The molecule has 0 spiro atoms. The molecule has 16 heavy (non-hydrogen) atoms. The molecule has 2 rings (SSSR count). The van der Waals surface area contributed by atoms with Gasteiger partial charge in [0, 0.05) is 19.6 Å². The van der Waals surface area contributed by atoms with Crippen molar-refractivity contribution in [2.45, 2.75) is 33.2 Å². The van der Waals surface area contributed by atoms with Crippen molar-refractivity contribution < 1.29 is 4.79 Å². The van der Waals surface area contributed by atoms with Crippen LogP contribution in [0.15, 0.2) is 0 Å². The first-order chi connectivity index (χ1) is 7.72. The lowest BCUT2D eigenvalue weighted by Gasteiger charge is -2.18. The van der Waals surface area contributed by atoms with Crippen molar-refractivity contribution in [1.82, 2.24) is 14.8 Å². The topological polar surface area (TPSA) is 51.0 Å². The van der Waals surface area contributed by atoms with Gasteiger partial charge in [0.05, 0.1) is 0 Å². The summed E-state index contributed by atoms with van der Waals surface area (Å²) in [6.07, 6.45) is 3.19. The average Bonchev–Trinajstić information content (AvgIpc) is 2.84. The SMILES string of the molecule is CC(C)Cn1c(C=O)nnc1N1CCCC1. The highest BCUT2D eigenvalue weighted by Gasteiger charge is 2.20. The van der Waals surface area contributed by atoms with Crippen LogP contribution >= 0.6 is 0 Å². The summed E-state index contributed by atoms with van der Waals surface area (Å²) in [5.74, 6) is 1.78. The normalized spacial score (nSPS) is 16.1. The highest BCUT2D eigenvalue weighted by atomic mass is 16.1. The van der Waals surface area contributed by atoms with E-state index < -0.39 is 0 Å². The number of aldehydes is 1. The Labute approximate surface area is 95.5 Å². The number of aromatic nitrogens is 3. The van der Waals surface area contributed by atoms with Crippen LogP contribution in [0.5, 0.6) is 0 Å². The van der Waals surface area contributed by atoms with Gasteiger partial charge in [-0.25, -0.2) is 0 Å². The Balaban J connectivity index is 2.28. The minimum Gasteiger partial charge on any atom is -0.341 e. The molecule has 1 aliphatic rings. The molecular formula is C11H18N4O. The summed E-state index contributed by atoms with van der Waals surface area (Å²) in [6, 6.07) is 0. The van der Waals surface area contributed by atoms with E-state index in [2.05, 4.69) is 28.9 Å². The van der Waals surface area contributed by atoms with Gasteiger partial charge in [0.25, 0.3) is 0 Å². The van der Waals surface area contributed by atoms with Gasteiger partial charge in [-0.2, -0.15) is 0 Å². The first-order valence-electron chi connectivity index (χ1n) is 5.85. The number of carbonyl (C=O) groups is 1. The second kappa shape index (κ2) is 4.63. The first-order valence-corrected chi connectivity index (χ1v) is 5.85. The zero-order chi connectivity index (χ0) is 11.5. The highest BCUT2D eigenvalue weighted by molar-refractivity contribution is 5.70. The molecule has 1 aromatic heterocycles. The maximum atomic E-state index is 10.9. The molecule has 0 amide bonds. The van der Waals surface area contributed by atoms with E-state index in [0.29, 0.717) is 11.7 Å². The smallest absolute Gasteiger partial charge is 0.227 e. The van der Waals surface area contributed by atoms with Crippen molar-refractivity contribution in [3.8, 4) is 0 Å². The third-order valence-electron chi connectivity index (χ3n) is 2.80. The van der Waals surface area contributed by atoms with E-state index in [1.165, 1.54) is 12.8 Å². The Kier molecular flexibility index (Phi) is 3.22. The third-order valence-corrected chi connectivity index (χ3v) is 2.80. The van der Waals surface area contributed by atoms with Crippen LogP contribution in [0.25, 0.3) is 0 Å². The summed E-state index contributed by atoms with van der Waals surface area (Å²) >= 11 is 0. The van der Waals surface area contributed by atoms with E-state index in [1.54, 1.807) is 0 Å². The Morgan fingerprint density at radius 3 is 2.56 bits per heavy atom. The molecular weight excluding hydrogens is 204 g/mol. The van der Waals surface area contributed by atoms with Gasteiger partial charge in [-0.3, -0.25) is 9.36 Å². The minimum atomic E-state index is 0.440. The molecule has 5 nitrogen and oxygen atoms in total. The fraction of sp³-hybridized carbons (Fsp3) is 0.727. The molecule has 0 atom stereocenters. The number of rotatable bonds is 4. The van der Waals surface area contributed by atoms with Gasteiger partial charge in [-0.05, 0) is 18.8 Å². The van der Waals surface area contributed by atoms with Crippen molar-refractivity contribution in [3.05, 3.63) is 5.82 Å². The Morgan fingerprint density at radius 1 is 1.31 bits per heavy atom. The van der Waals surface area contributed by atoms with Gasteiger partial charge >= 0.3 is 0 Å². The molecule has 88 valence electrons. The largest absolute Gasteiger partial charge is 0.341 e. The van der Waals surface area contributed by atoms with E-state index in [1.807, 2.05) is 4.57 Å². The fourth-order valence-corrected chi connectivity index (χ4v) is 2.08. The molecule has 1 aromatic rings. The summed E-state index contributed by atoms with van der Waals surface area (Å²) < 4.78 is 1.93. The quantitative estimate of drug-likeness (QED) is 0.721. The number of anilines is 1. The molecule has 0 aromatic carbocycles. The molecule has 2 heterocycles. The van der Waals surface area contributed by atoms with Crippen molar-refractivity contribution >= 4 is 12.2 Å². The Hall–Kier alpha value is -1.39. The zero-order valence-electron chi connectivity index (χ0n) is 9.89. The molecule has 0 saturated carbocycles. The van der Waals surface area contributed by atoms with Crippen molar-refractivity contribution in [1.29, 1.82) is 0 Å². The van der Waals surface area contributed by atoms with Crippen LogP contribution in [0.4, 0.5) is 5.95 Å². The maximum Gasteiger partial charge on any atom is 0.227 e. The van der Waals surface area contributed by atoms with Crippen molar-refractivity contribution in [2.75, 3.05) is 18.0 Å². The number of nitrogens with zero attached hydrogens (tertiary/aromatic N) is 4. The first kappa shape index (κ1) is 11.1. The molecule has 0 N–H and O–H groups in total. The molecule has 1 saturated heterocycles. The number of carbonyl (C=O) groups excluding carboxylic acids is 1. The van der Waals surface area contributed by atoms with Crippen LogP contribution in [0.2, 0.25) is 0 Å². The van der Waals surface area contributed by atoms with E-state index in [0.717, 1.165) is 31.9 Å². The highest BCUT2D eigenvalue weighted by Crippen LogP contribution is 2.19. The maximum absolute atomic E-state index is 10.9. The summed E-state index contributed by atoms with van der Waals surface area (Å²) in [5.41, 5.74) is 0. The molecule has 0 bridgehead atoms. The Morgan fingerprint density at radius 2 is 2.00 bits per heavy atom. The van der Waals surface area contributed by atoms with Crippen molar-refractivity contribution in [2.24, 2.45) is 5.92 Å². The van der Waals surface area contributed by atoms with Crippen LogP contribution in [0.1, 0.15) is 37.3 Å². The van der Waals surface area contributed by atoms with Gasteiger partial charge in [-0.1, -0.05) is 13.8 Å². The molecule has 1 fully saturated rings. The van der Waals surface area contributed by atoms with Crippen LogP contribution in [-0.2, 0) is 6.54 Å². The summed E-state index contributed by atoms with van der Waals surface area (Å²) in [4.78, 5) is 13.1. The third kappa shape index (κ3) is 2.08. The van der Waals surface area contributed by atoms with Crippen LogP contribution < -0.4 is 4.90 Å². The molecule has 0 unspecified atom stereocenters. The van der Waals surface area contributed by atoms with Crippen LogP contribution in [0, 0.1) is 5.92 Å². The van der Waals surface area contributed by atoms with Gasteiger partial charge in [0.15, 0.2) is 12.1 Å². The lowest BCUT2D eigenvalue weighted by Crippen LogP contribution is -2.23. The van der Waals surface area contributed by atoms with E-state index in [4.69, 9.17) is 0 Å². The number of hydrogen-bond donors (Lipinski definition) is 0. The summed E-state index contributed by atoms with van der Waals surface area (Å²) in [7, 11) is 0. The fourth-order valence-electron chi connectivity index (χ4n) is 2.08. The second-order valence-electron chi connectivity index (χ2n) is 4.67. The van der Waals surface area contributed by atoms with E-state index >= 15 is 0 Å². The van der Waals surface area contributed by atoms with Crippen LogP contribution in [-0.4, -0.2) is 34.1 Å². The minimum absolute atomic E-state index is 0.440. The lowest BCUT2D eigenvalue weighted by atomic mass is 10.2. The molecule has 5 heteroatoms. The monoisotopic (exact) mass is 222 g/mol. The van der Waals surface area contributed by atoms with Gasteiger partial charge < -0.3 is 4.90 Å². The van der Waals surface area contributed by atoms with Crippen LogP contribution in [0.3, 0.4) is 0 Å². The van der Waals surface area contributed by atoms with E-state index in [-0.39, 0.29) is 0 Å². The van der Waals surface area contributed by atoms with Gasteiger partial charge in [-0.15, -0.1) is 10.2 Å². The lowest BCUT2D eigenvalue weighted by molar-refractivity contribution is 0.111. The zero-order valence-corrected chi connectivity index (χ0v) is 9.89. The molecule has 1 aliphatic heterocycles. The van der Waals surface area contributed by atoms with Gasteiger partial charge in [0.2, 0.25) is 5.95 Å². The second-order valence-corrected chi connectivity index (χ2v) is 4.67. The Bertz CT molecular complexity index is 366. The summed E-state index contributed by atoms with van der Waals surface area (Å²) in [6.45, 7) is 7.10. The van der Waals surface area contributed by atoms with E-state index in [9.17, 15) is 4.79 Å². The molecule has 0 radical (unpaired) electrons. The predicted molar refractivity (Wildman–Crippen MR) is 61.7 cm³/mol. The standard InChI is InChI=1S/C11H18N4O/c1-9(2)7-15-10(8-16)12-13-11(15)14-5-3-4-6-14/h8-9H,3-7H2,1-2H3. The predicted octanol–water partition coefficient (Wildman–Crippen LogP) is 1.35. The average molecular weight is 222 g/mol. The molecule has 0 aliphatic carbocycles. The summed E-state index contributed by atoms with van der Waals surface area (Å²) in [5, 5.41) is 8.07. The van der Waals surface area contributed by atoms with Gasteiger partial charge in [0.1, 0.15) is 0 Å². The number of hydrogen-bond acceptors (Lipinski definition) is 4. The van der Waals surface area contributed by atoms with Crippen molar-refractivity contribution in [3.63, 3.8) is 0 Å².